The minimum absolute atomic E-state index is 0.203. The van der Waals surface area contributed by atoms with Gasteiger partial charge < -0.3 is 14.2 Å². The molecule has 156 valence electrons. The Morgan fingerprint density at radius 1 is 1.27 bits per heavy atom. The fourth-order valence-electron chi connectivity index (χ4n) is 3.89. The van der Waals surface area contributed by atoms with Gasteiger partial charge in [-0.15, -0.1) is 0 Å². The second kappa shape index (κ2) is 7.85. The molecular formula is C22H24FN5O2. The number of carbonyl (C=O) groups excluding carboxylic acids is 1. The Morgan fingerprint density at radius 2 is 2.07 bits per heavy atom. The van der Waals surface area contributed by atoms with Gasteiger partial charge in [0.2, 0.25) is 11.7 Å². The maximum absolute atomic E-state index is 13.9. The molecule has 7 nitrogen and oxygen atoms in total. The number of aromatic nitrogens is 3. The number of hydrogen-bond donors (Lipinski definition) is 0. The van der Waals surface area contributed by atoms with Crippen LogP contribution < -0.4 is 4.90 Å². The molecule has 1 saturated heterocycles. The van der Waals surface area contributed by atoms with E-state index < -0.39 is 0 Å². The van der Waals surface area contributed by atoms with E-state index >= 15 is 0 Å². The summed E-state index contributed by atoms with van der Waals surface area (Å²) in [5.74, 6) is 0.724. The lowest BCUT2D eigenvalue weighted by atomic mass is 9.99. The lowest BCUT2D eigenvalue weighted by molar-refractivity contribution is 0.0698. The molecule has 1 fully saturated rings. The predicted octanol–water partition coefficient (Wildman–Crippen LogP) is 3.93. The Bertz CT molecular complexity index is 1090. The summed E-state index contributed by atoms with van der Waals surface area (Å²) in [6.07, 6.45) is 3.30. The Kier molecular flexibility index (Phi) is 5.24. The van der Waals surface area contributed by atoms with Crippen molar-refractivity contribution in [1.29, 1.82) is 0 Å². The highest BCUT2D eigenvalue weighted by molar-refractivity contribution is 5.93. The molecule has 1 amide bonds. The smallest absolute Gasteiger partial charge is 0.292 e. The zero-order chi connectivity index (χ0) is 21.4. The Hall–Kier alpha value is -3.29. The average Bonchev–Trinajstić information content (AvgIpc) is 3.33. The van der Waals surface area contributed by atoms with Crippen molar-refractivity contribution in [2.75, 3.05) is 25.5 Å². The van der Waals surface area contributed by atoms with Crippen molar-refractivity contribution in [3.05, 3.63) is 59.3 Å². The monoisotopic (exact) mass is 409 g/mol. The van der Waals surface area contributed by atoms with Gasteiger partial charge in [-0.1, -0.05) is 12.1 Å². The van der Waals surface area contributed by atoms with Crippen LogP contribution >= 0.6 is 0 Å². The molecule has 30 heavy (non-hydrogen) atoms. The summed E-state index contributed by atoms with van der Waals surface area (Å²) < 4.78 is 19.5. The van der Waals surface area contributed by atoms with E-state index in [1.165, 1.54) is 12.1 Å². The summed E-state index contributed by atoms with van der Waals surface area (Å²) in [6, 6.07) is 6.08. The molecule has 1 atom stereocenters. The number of benzene rings is 1. The number of likely N-dealkylation sites (tertiary alicyclic amines) is 1. The molecule has 0 unspecified atom stereocenters. The van der Waals surface area contributed by atoms with Crippen LogP contribution in [0.5, 0.6) is 0 Å². The highest BCUT2D eigenvalue weighted by atomic mass is 19.1. The molecule has 0 aliphatic carbocycles. The van der Waals surface area contributed by atoms with E-state index in [1.807, 2.05) is 25.1 Å². The van der Waals surface area contributed by atoms with Crippen LogP contribution in [-0.4, -0.2) is 46.4 Å². The zero-order valence-corrected chi connectivity index (χ0v) is 17.5. The van der Waals surface area contributed by atoms with Gasteiger partial charge in [-0.3, -0.25) is 4.79 Å². The molecule has 1 aliphatic rings. The lowest BCUT2D eigenvalue weighted by Crippen LogP contribution is -2.32. The van der Waals surface area contributed by atoms with Gasteiger partial charge in [0, 0.05) is 39.3 Å². The van der Waals surface area contributed by atoms with Crippen LogP contribution in [0.15, 0.2) is 34.9 Å². The fraction of sp³-hybridized carbons (Fsp3) is 0.364. The van der Waals surface area contributed by atoms with Crippen molar-refractivity contribution in [3.63, 3.8) is 0 Å². The number of amides is 1. The van der Waals surface area contributed by atoms with Gasteiger partial charge in [0.05, 0.1) is 17.4 Å². The molecule has 0 radical (unpaired) electrons. The van der Waals surface area contributed by atoms with Crippen molar-refractivity contribution in [3.8, 4) is 11.1 Å². The lowest BCUT2D eigenvalue weighted by Gasteiger charge is -2.26. The van der Waals surface area contributed by atoms with E-state index in [-0.39, 0.29) is 23.5 Å². The SMILES string of the molecule is Cc1nc(C)c(C(=O)N2CCC[C@@H]2c2nc(N(C)C)ncc2-c2cccc(F)c2)o1. The Balaban J connectivity index is 1.80. The molecule has 3 heterocycles. The van der Waals surface area contributed by atoms with Crippen molar-refractivity contribution in [1.82, 2.24) is 19.9 Å². The molecule has 2 aromatic heterocycles. The number of aryl methyl sites for hydroxylation is 2. The first-order chi connectivity index (χ1) is 14.3. The normalized spacial score (nSPS) is 16.2. The summed E-state index contributed by atoms with van der Waals surface area (Å²) in [4.78, 5) is 30.3. The Morgan fingerprint density at radius 3 is 2.73 bits per heavy atom. The topological polar surface area (TPSA) is 75.4 Å². The van der Waals surface area contributed by atoms with Crippen molar-refractivity contribution >= 4 is 11.9 Å². The zero-order valence-electron chi connectivity index (χ0n) is 17.5. The molecule has 0 saturated carbocycles. The maximum Gasteiger partial charge on any atom is 0.292 e. The maximum atomic E-state index is 13.9. The van der Waals surface area contributed by atoms with Crippen LogP contribution in [0.2, 0.25) is 0 Å². The third-order valence-electron chi connectivity index (χ3n) is 5.27. The van der Waals surface area contributed by atoms with Gasteiger partial charge in [-0.2, -0.15) is 0 Å². The fourth-order valence-corrected chi connectivity index (χ4v) is 3.89. The quantitative estimate of drug-likeness (QED) is 0.650. The second-order valence-electron chi connectivity index (χ2n) is 7.68. The highest BCUT2D eigenvalue weighted by Crippen LogP contribution is 2.38. The first kappa shape index (κ1) is 20.0. The first-order valence-electron chi connectivity index (χ1n) is 9.90. The van der Waals surface area contributed by atoms with Crippen LogP contribution in [-0.2, 0) is 0 Å². The Labute approximate surface area is 174 Å². The molecule has 0 N–H and O–H groups in total. The highest BCUT2D eigenvalue weighted by Gasteiger charge is 2.36. The van der Waals surface area contributed by atoms with Gasteiger partial charge in [-0.25, -0.2) is 19.3 Å². The van der Waals surface area contributed by atoms with Crippen LogP contribution in [0, 0.1) is 19.7 Å². The summed E-state index contributed by atoms with van der Waals surface area (Å²) >= 11 is 0. The molecule has 3 aromatic rings. The van der Waals surface area contributed by atoms with Crippen molar-refractivity contribution in [2.45, 2.75) is 32.7 Å². The van der Waals surface area contributed by atoms with E-state index in [9.17, 15) is 9.18 Å². The third-order valence-corrected chi connectivity index (χ3v) is 5.27. The molecule has 0 spiro atoms. The van der Waals surface area contributed by atoms with E-state index in [1.54, 1.807) is 31.0 Å². The molecule has 1 aromatic carbocycles. The number of halogens is 1. The molecular weight excluding hydrogens is 385 g/mol. The van der Waals surface area contributed by atoms with E-state index in [4.69, 9.17) is 9.40 Å². The van der Waals surface area contributed by atoms with Crippen LogP contribution in [0.4, 0.5) is 10.3 Å². The van der Waals surface area contributed by atoms with Gasteiger partial charge in [0.25, 0.3) is 5.91 Å². The number of anilines is 1. The predicted molar refractivity (Wildman–Crippen MR) is 111 cm³/mol. The van der Waals surface area contributed by atoms with Gasteiger partial charge in [-0.05, 0) is 37.5 Å². The molecule has 0 bridgehead atoms. The van der Waals surface area contributed by atoms with Crippen molar-refractivity contribution in [2.24, 2.45) is 0 Å². The van der Waals surface area contributed by atoms with E-state index in [0.717, 1.165) is 18.4 Å². The van der Waals surface area contributed by atoms with Crippen LogP contribution in [0.25, 0.3) is 11.1 Å². The van der Waals surface area contributed by atoms with Crippen molar-refractivity contribution < 1.29 is 13.6 Å². The van der Waals surface area contributed by atoms with Gasteiger partial charge >= 0.3 is 0 Å². The second-order valence-corrected chi connectivity index (χ2v) is 7.68. The van der Waals surface area contributed by atoms with Gasteiger partial charge in [0.15, 0.2) is 5.89 Å². The van der Waals surface area contributed by atoms with Gasteiger partial charge in [0.1, 0.15) is 5.82 Å². The number of nitrogens with zero attached hydrogens (tertiary/aromatic N) is 5. The molecule has 1 aliphatic heterocycles. The number of oxazole rings is 1. The summed E-state index contributed by atoms with van der Waals surface area (Å²) in [7, 11) is 3.72. The average molecular weight is 409 g/mol. The summed E-state index contributed by atoms with van der Waals surface area (Å²) in [5.41, 5.74) is 2.68. The number of hydrogen-bond acceptors (Lipinski definition) is 6. The largest absolute Gasteiger partial charge is 0.436 e. The molecule has 4 rings (SSSR count). The summed E-state index contributed by atoms with van der Waals surface area (Å²) in [5, 5.41) is 0. The van der Waals surface area contributed by atoms with E-state index in [0.29, 0.717) is 35.3 Å². The number of rotatable bonds is 4. The van der Waals surface area contributed by atoms with Crippen LogP contribution in [0.3, 0.4) is 0 Å². The third kappa shape index (κ3) is 3.65. The van der Waals surface area contributed by atoms with Crippen LogP contribution in [0.1, 0.15) is 46.7 Å². The first-order valence-corrected chi connectivity index (χ1v) is 9.90. The number of carbonyl (C=O) groups is 1. The minimum Gasteiger partial charge on any atom is -0.436 e. The standard InChI is InChI=1S/C22H24FN5O2/c1-13-20(30-14(2)25-13)21(29)28-10-6-9-18(28)19-17(12-24-22(26-19)27(3)4)15-7-5-8-16(23)11-15/h5,7-8,11-12,18H,6,9-10H2,1-4H3/t18-/m1/s1. The molecule has 8 heteroatoms. The minimum atomic E-state index is -0.331. The van der Waals surface area contributed by atoms with E-state index in [2.05, 4.69) is 9.97 Å². The summed E-state index contributed by atoms with van der Waals surface area (Å²) in [6.45, 7) is 4.08.